The molecule has 0 bridgehead atoms. The Hall–Kier alpha value is -1.26. The summed E-state index contributed by atoms with van der Waals surface area (Å²) in [5.41, 5.74) is 7.60. The van der Waals surface area contributed by atoms with Gasteiger partial charge in [0.2, 0.25) is 0 Å². The maximum Gasteiger partial charge on any atom is 0.326 e. The molecule has 1 N–H and O–H groups in total. The Kier molecular flexibility index (Phi) is 4.58. The first-order chi connectivity index (χ1) is 7.64. The smallest absolute Gasteiger partial charge is 0.326 e. The predicted octanol–water partition coefficient (Wildman–Crippen LogP) is 1.62. The van der Waals surface area contributed by atoms with Crippen molar-refractivity contribution in [2.24, 2.45) is 11.0 Å². The highest BCUT2D eigenvalue weighted by Gasteiger charge is 2.49. The van der Waals surface area contributed by atoms with Crippen molar-refractivity contribution in [3.63, 3.8) is 0 Å². The van der Waals surface area contributed by atoms with Crippen LogP contribution >= 0.6 is 0 Å². The largest absolute Gasteiger partial charge is 0.465 e. The molecule has 0 aromatic rings. The van der Waals surface area contributed by atoms with Crippen LogP contribution in [0.25, 0.3) is 10.4 Å². The van der Waals surface area contributed by atoms with Crippen molar-refractivity contribution in [1.29, 1.82) is 0 Å². The molecular formula is C10H18N4O2. The van der Waals surface area contributed by atoms with Gasteiger partial charge in [-0.05, 0) is 31.2 Å². The molecule has 0 radical (unpaired) electrons. The maximum absolute atomic E-state index is 11.8. The van der Waals surface area contributed by atoms with Crippen molar-refractivity contribution in [1.82, 2.24) is 5.32 Å². The van der Waals surface area contributed by atoms with Gasteiger partial charge in [0.05, 0.1) is 6.61 Å². The summed E-state index contributed by atoms with van der Waals surface area (Å²) in [5.74, 6) is 0.352. The number of carbonyl (C=O) groups is 1. The van der Waals surface area contributed by atoms with Gasteiger partial charge in [-0.2, -0.15) is 0 Å². The first-order valence-corrected chi connectivity index (χ1v) is 5.57. The van der Waals surface area contributed by atoms with E-state index in [1.165, 1.54) is 0 Å². The predicted molar refractivity (Wildman–Crippen MR) is 59.8 cm³/mol. The van der Waals surface area contributed by atoms with Gasteiger partial charge in [0.1, 0.15) is 5.54 Å². The van der Waals surface area contributed by atoms with Crippen molar-refractivity contribution in [3.05, 3.63) is 10.4 Å². The van der Waals surface area contributed by atoms with Gasteiger partial charge in [-0.25, -0.2) is 0 Å². The lowest BCUT2D eigenvalue weighted by atomic mass is 9.69. The Labute approximate surface area is 95.0 Å². The fourth-order valence-corrected chi connectivity index (χ4v) is 2.17. The Morgan fingerprint density at radius 3 is 2.88 bits per heavy atom. The Morgan fingerprint density at radius 2 is 2.38 bits per heavy atom. The summed E-state index contributed by atoms with van der Waals surface area (Å²) in [6, 6.07) is 0. The third-order valence-corrected chi connectivity index (χ3v) is 2.80. The summed E-state index contributed by atoms with van der Waals surface area (Å²) >= 11 is 0. The van der Waals surface area contributed by atoms with Crippen LogP contribution in [-0.4, -0.2) is 31.2 Å². The van der Waals surface area contributed by atoms with Crippen molar-refractivity contribution in [2.75, 3.05) is 19.7 Å². The number of hydrogen-bond acceptors (Lipinski definition) is 4. The maximum atomic E-state index is 11.8. The average molecular weight is 226 g/mol. The first kappa shape index (κ1) is 12.8. The van der Waals surface area contributed by atoms with E-state index in [9.17, 15) is 4.79 Å². The van der Waals surface area contributed by atoms with E-state index in [2.05, 4.69) is 22.3 Å². The second kappa shape index (κ2) is 5.72. The fraction of sp³-hybridized carbons (Fsp3) is 0.900. The van der Waals surface area contributed by atoms with E-state index in [-0.39, 0.29) is 5.97 Å². The lowest BCUT2D eigenvalue weighted by Crippen LogP contribution is -2.61. The highest BCUT2D eigenvalue weighted by atomic mass is 16.5. The van der Waals surface area contributed by atoms with Crippen LogP contribution in [0.2, 0.25) is 0 Å². The normalized spacial score (nSPS) is 27.8. The minimum absolute atomic E-state index is 0.186. The molecular weight excluding hydrogens is 208 g/mol. The molecule has 0 aromatic heterocycles. The van der Waals surface area contributed by atoms with E-state index in [0.717, 1.165) is 12.8 Å². The number of carbonyl (C=O) groups excluding carboxylic acids is 1. The van der Waals surface area contributed by atoms with Gasteiger partial charge < -0.3 is 10.1 Å². The van der Waals surface area contributed by atoms with Crippen LogP contribution in [0.1, 0.15) is 26.7 Å². The Bertz CT molecular complexity index is 293. The average Bonchev–Trinajstić information content (AvgIpc) is 2.21. The topological polar surface area (TPSA) is 87.1 Å². The van der Waals surface area contributed by atoms with Gasteiger partial charge in [0.15, 0.2) is 0 Å². The lowest BCUT2D eigenvalue weighted by molar-refractivity contribution is -0.157. The molecule has 0 atom stereocenters. The molecule has 0 saturated heterocycles. The summed E-state index contributed by atoms with van der Waals surface area (Å²) in [6.45, 7) is 5.16. The number of nitrogens with one attached hydrogen (secondary N) is 1. The highest BCUT2D eigenvalue weighted by Crippen LogP contribution is 2.38. The zero-order valence-electron chi connectivity index (χ0n) is 9.77. The summed E-state index contributed by atoms with van der Waals surface area (Å²) in [4.78, 5) is 14.4. The Balaban J connectivity index is 2.46. The summed E-state index contributed by atoms with van der Waals surface area (Å²) < 4.78 is 5.05. The molecule has 90 valence electrons. The lowest BCUT2D eigenvalue weighted by Gasteiger charge is -2.44. The summed E-state index contributed by atoms with van der Waals surface area (Å²) in [6.07, 6.45) is 1.59. The molecule has 0 spiro atoms. The quantitative estimate of drug-likeness (QED) is 0.245. The third kappa shape index (κ3) is 2.87. The second-order valence-electron chi connectivity index (χ2n) is 4.20. The standard InChI is InChI=1S/C10H18N4O2/c1-3-16-9(15)10(6-8(2)7-10)12-4-5-13-14-11/h8,12H,3-7H2,1-2H3. The fourth-order valence-electron chi connectivity index (χ4n) is 2.17. The van der Waals surface area contributed by atoms with Gasteiger partial charge >= 0.3 is 5.97 Å². The molecule has 1 aliphatic rings. The molecule has 0 amide bonds. The van der Waals surface area contributed by atoms with Crippen LogP contribution in [0, 0.1) is 5.92 Å². The van der Waals surface area contributed by atoms with Crippen molar-refractivity contribution in [3.8, 4) is 0 Å². The van der Waals surface area contributed by atoms with Crippen LogP contribution < -0.4 is 5.32 Å². The van der Waals surface area contributed by atoms with Crippen LogP contribution in [0.5, 0.6) is 0 Å². The van der Waals surface area contributed by atoms with Crippen molar-refractivity contribution >= 4 is 5.97 Å². The SMILES string of the molecule is CCOC(=O)C1(NCCN=[N+]=[N-])CC(C)C1. The van der Waals surface area contributed by atoms with Gasteiger partial charge in [-0.3, -0.25) is 4.79 Å². The monoisotopic (exact) mass is 226 g/mol. The van der Waals surface area contributed by atoms with Crippen LogP contribution in [0.4, 0.5) is 0 Å². The van der Waals surface area contributed by atoms with E-state index >= 15 is 0 Å². The van der Waals surface area contributed by atoms with Gasteiger partial charge in [0, 0.05) is 18.0 Å². The minimum Gasteiger partial charge on any atom is -0.465 e. The van der Waals surface area contributed by atoms with Crippen molar-refractivity contribution in [2.45, 2.75) is 32.2 Å². The Morgan fingerprint density at radius 1 is 1.69 bits per heavy atom. The van der Waals surface area contributed by atoms with Crippen LogP contribution in [0.15, 0.2) is 5.11 Å². The first-order valence-electron chi connectivity index (χ1n) is 5.57. The van der Waals surface area contributed by atoms with E-state index in [1.54, 1.807) is 6.92 Å². The summed E-state index contributed by atoms with van der Waals surface area (Å²) in [7, 11) is 0. The zero-order valence-corrected chi connectivity index (χ0v) is 9.77. The molecule has 6 nitrogen and oxygen atoms in total. The van der Waals surface area contributed by atoms with E-state index in [0.29, 0.717) is 25.6 Å². The molecule has 0 aromatic carbocycles. The molecule has 0 unspecified atom stereocenters. The van der Waals surface area contributed by atoms with E-state index < -0.39 is 5.54 Å². The van der Waals surface area contributed by atoms with E-state index in [4.69, 9.17) is 10.3 Å². The van der Waals surface area contributed by atoms with Crippen LogP contribution in [0.3, 0.4) is 0 Å². The molecule has 1 aliphatic carbocycles. The number of azide groups is 1. The van der Waals surface area contributed by atoms with Gasteiger partial charge in [-0.1, -0.05) is 12.0 Å². The number of rotatable bonds is 6. The molecule has 6 heteroatoms. The summed E-state index contributed by atoms with van der Waals surface area (Å²) in [5, 5.41) is 6.57. The minimum atomic E-state index is -0.541. The molecule has 1 fully saturated rings. The van der Waals surface area contributed by atoms with Crippen LogP contribution in [-0.2, 0) is 9.53 Å². The third-order valence-electron chi connectivity index (χ3n) is 2.80. The number of hydrogen-bond donors (Lipinski definition) is 1. The molecule has 0 aliphatic heterocycles. The molecule has 16 heavy (non-hydrogen) atoms. The van der Waals surface area contributed by atoms with E-state index in [1.807, 2.05) is 0 Å². The molecule has 0 heterocycles. The van der Waals surface area contributed by atoms with Gasteiger partial charge in [-0.15, -0.1) is 0 Å². The highest BCUT2D eigenvalue weighted by molar-refractivity contribution is 5.82. The number of ether oxygens (including phenoxy) is 1. The molecule has 1 rings (SSSR count). The van der Waals surface area contributed by atoms with Crippen molar-refractivity contribution < 1.29 is 9.53 Å². The second-order valence-corrected chi connectivity index (χ2v) is 4.20. The van der Waals surface area contributed by atoms with Gasteiger partial charge in [0.25, 0.3) is 0 Å². The zero-order chi connectivity index (χ0) is 12.0. The number of nitrogens with zero attached hydrogens (tertiary/aromatic N) is 3. The number of esters is 1. The molecule has 1 saturated carbocycles.